The van der Waals surface area contributed by atoms with E-state index in [0.717, 1.165) is 43.7 Å². The molecule has 0 aromatic heterocycles. The van der Waals surface area contributed by atoms with Crippen LogP contribution in [0.2, 0.25) is 0 Å². The van der Waals surface area contributed by atoms with Crippen molar-refractivity contribution in [3.63, 3.8) is 0 Å². The maximum Gasteiger partial charge on any atom is 0.254 e. The number of anilines is 1. The Hall–Kier alpha value is -1.55. The van der Waals surface area contributed by atoms with E-state index in [1.54, 1.807) is 6.07 Å². The number of carbonyl (C=O) groups is 1. The summed E-state index contributed by atoms with van der Waals surface area (Å²) in [5.74, 6) is 0.710. The second kappa shape index (κ2) is 6.27. The van der Waals surface area contributed by atoms with Gasteiger partial charge in [0.05, 0.1) is 0 Å². The van der Waals surface area contributed by atoms with Crippen LogP contribution in [0.25, 0.3) is 0 Å². The van der Waals surface area contributed by atoms with Gasteiger partial charge in [-0.05, 0) is 50.6 Å². The average Bonchev–Trinajstić information content (AvgIpc) is 2.89. The topological polar surface area (TPSA) is 49.6 Å². The maximum absolute atomic E-state index is 12.6. The predicted octanol–water partition coefficient (Wildman–Crippen LogP) is 1.99. The Bertz CT molecular complexity index is 487. The third-order valence-corrected chi connectivity index (χ3v) is 4.17. The van der Waals surface area contributed by atoms with Gasteiger partial charge in [0.2, 0.25) is 0 Å². The number of likely N-dealkylation sites (tertiary alicyclic amines) is 1. The van der Waals surface area contributed by atoms with E-state index >= 15 is 0 Å². The molecular weight excluding hydrogens is 250 g/mol. The summed E-state index contributed by atoms with van der Waals surface area (Å²) < 4.78 is 0. The van der Waals surface area contributed by atoms with E-state index in [-0.39, 0.29) is 5.91 Å². The summed E-state index contributed by atoms with van der Waals surface area (Å²) in [6.07, 6.45) is 1.09. The van der Waals surface area contributed by atoms with Crippen LogP contribution in [-0.4, -0.2) is 48.9 Å². The number of benzene rings is 1. The van der Waals surface area contributed by atoms with E-state index in [0.29, 0.717) is 11.6 Å². The van der Waals surface area contributed by atoms with E-state index in [1.165, 1.54) is 0 Å². The molecule has 0 radical (unpaired) electrons. The van der Waals surface area contributed by atoms with Gasteiger partial charge in [-0.25, -0.2) is 0 Å². The third-order valence-electron chi connectivity index (χ3n) is 4.17. The highest BCUT2D eigenvalue weighted by Crippen LogP contribution is 2.22. The smallest absolute Gasteiger partial charge is 0.254 e. The molecule has 0 bridgehead atoms. The molecular formula is C16H25N3O. The lowest BCUT2D eigenvalue weighted by molar-refractivity contribution is 0.0784. The lowest BCUT2D eigenvalue weighted by Crippen LogP contribution is -2.32. The first-order chi connectivity index (χ1) is 9.51. The van der Waals surface area contributed by atoms with Gasteiger partial charge in [0.25, 0.3) is 5.91 Å². The molecule has 1 aromatic carbocycles. The average molecular weight is 275 g/mol. The van der Waals surface area contributed by atoms with E-state index < -0.39 is 0 Å². The van der Waals surface area contributed by atoms with Crippen LogP contribution in [0.4, 0.5) is 5.69 Å². The van der Waals surface area contributed by atoms with Crippen LogP contribution < -0.4 is 5.73 Å². The highest BCUT2D eigenvalue weighted by molar-refractivity contribution is 5.96. The summed E-state index contributed by atoms with van der Waals surface area (Å²) in [7, 11) is 2.13. The van der Waals surface area contributed by atoms with E-state index in [9.17, 15) is 4.79 Å². The summed E-state index contributed by atoms with van der Waals surface area (Å²) in [5, 5.41) is 0. The highest BCUT2D eigenvalue weighted by atomic mass is 16.2. The minimum absolute atomic E-state index is 0.122. The Morgan fingerprint density at radius 1 is 1.50 bits per heavy atom. The number of nitrogens with zero attached hydrogens (tertiary/aromatic N) is 2. The summed E-state index contributed by atoms with van der Waals surface area (Å²) >= 11 is 0. The molecule has 0 saturated carbocycles. The number of nitrogens with two attached hydrogens (primary N) is 1. The molecule has 2 rings (SSSR count). The molecule has 1 saturated heterocycles. The first-order valence-electron chi connectivity index (χ1n) is 7.35. The maximum atomic E-state index is 12.6. The second-order valence-corrected chi connectivity index (χ2v) is 5.84. The molecule has 2 N–H and O–H groups in total. The molecule has 0 spiro atoms. The van der Waals surface area contributed by atoms with Crippen LogP contribution in [0.1, 0.15) is 29.3 Å². The normalized spacial score (nSPS) is 18.8. The molecule has 1 heterocycles. The minimum Gasteiger partial charge on any atom is -0.399 e. The van der Waals surface area contributed by atoms with Gasteiger partial charge < -0.3 is 15.5 Å². The van der Waals surface area contributed by atoms with Crippen molar-refractivity contribution in [2.24, 2.45) is 5.92 Å². The SMILES string of the molecule is CCN(C)CC1CCN(C(=O)c2cc(N)ccc2C)C1. The van der Waals surface area contributed by atoms with Gasteiger partial charge in [0.15, 0.2) is 0 Å². The first kappa shape index (κ1) is 14.9. The Kier molecular flexibility index (Phi) is 4.65. The van der Waals surface area contributed by atoms with E-state index in [2.05, 4.69) is 18.9 Å². The minimum atomic E-state index is 0.122. The summed E-state index contributed by atoms with van der Waals surface area (Å²) in [5.41, 5.74) is 8.19. The van der Waals surface area contributed by atoms with Crippen LogP contribution in [0, 0.1) is 12.8 Å². The molecule has 4 nitrogen and oxygen atoms in total. The van der Waals surface area contributed by atoms with E-state index in [1.807, 2.05) is 24.0 Å². The van der Waals surface area contributed by atoms with Gasteiger partial charge in [0, 0.05) is 30.9 Å². The predicted molar refractivity (Wildman–Crippen MR) is 82.8 cm³/mol. The fourth-order valence-corrected chi connectivity index (χ4v) is 2.78. The van der Waals surface area contributed by atoms with Crippen molar-refractivity contribution in [2.45, 2.75) is 20.3 Å². The van der Waals surface area contributed by atoms with Gasteiger partial charge in [0.1, 0.15) is 0 Å². The molecule has 1 amide bonds. The molecule has 1 aliphatic heterocycles. The third kappa shape index (κ3) is 3.31. The zero-order valence-electron chi connectivity index (χ0n) is 12.7. The number of carbonyl (C=O) groups excluding carboxylic acids is 1. The molecule has 110 valence electrons. The standard InChI is InChI=1S/C16H25N3O/c1-4-18(3)10-13-7-8-19(11-13)16(20)15-9-14(17)6-5-12(15)2/h5-6,9,13H,4,7-8,10-11,17H2,1-3H3. The quantitative estimate of drug-likeness (QED) is 0.855. The Labute approximate surface area is 121 Å². The van der Waals surface area contributed by atoms with Crippen molar-refractivity contribution in [1.29, 1.82) is 0 Å². The molecule has 20 heavy (non-hydrogen) atoms. The van der Waals surface area contributed by atoms with Crippen LogP contribution in [0.15, 0.2) is 18.2 Å². The monoisotopic (exact) mass is 275 g/mol. The fourth-order valence-electron chi connectivity index (χ4n) is 2.78. The van der Waals surface area contributed by atoms with Crippen molar-refractivity contribution < 1.29 is 4.79 Å². The zero-order valence-corrected chi connectivity index (χ0v) is 12.7. The van der Waals surface area contributed by atoms with E-state index in [4.69, 9.17) is 5.73 Å². The molecule has 1 aromatic rings. The number of aryl methyl sites for hydroxylation is 1. The van der Waals surface area contributed by atoms with Crippen LogP contribution in [0.3, 0.4) is 0 Å². The fraction of sp³-hybridized carbons (Fsp3) is 0.562. The molecule has 0 aliphatic carbocycles. The van der Waals surface area contributed by atoms with Crippen LogP contribution in [0.5, 0.6) is 0 Å². The zero-order chi connectivity index (χ0) is 14.7. The van der Waals surface area contributed by atoms with Crippen LogP contribution >= 0.6 is 0 Å². The molecule has 1 atom stereocenters. The number of nitrogen functional groups attached to an aromatic ring is 1. The second-order valence-electron chi connectivity index (χ2n) is 5.84. The van der Waals surface area contributed by atoms with Crippen LogP contribution in [-0.2, 0) is 0 Å². The largest absolute Gasteiger partial charge is 0.399 e. The number of hydrogen-bond donors (Lipinski definition) is 1. The summed E-state index contributed by atoms with van der Waals surface area (Å²) in [4.78, 5) is 16.9. The molecule has 1 unspecified atom stereocenters. The lowest BCUT2D eigenvalue weighted by atomic mass is 10.1. The Balaban J connectivity index is 2.02. The van der Waals surface area contributed by atoms with Gasteiger partial charge in [-0.2, -0.15) is 0 Å². The number of hydrogen-bond acceptors (Lipinski definition) is 3. The first-order valence-corrected chi connectivity index (χ1v) is 7.35. The van der Waals surface area contributed by atoms with Crippen molar-refractivity contribution in [3.8, 4) is 0 Å². The van der Waals surface area contributed by atoms with Crippen molar-refractivity contribution in [1.82, 2.24) is 9.80 Å². The molecule has 1 fully saturated rings. The summed E-state index contributed by atoms with van der Waals surface area (Å²) in [6.45, 7) is 7.96. The Morgan fingerprint density at radius 3 is 2.95 bits per heavy atom. The van der Waals surface area contributed by atoms with Gasteiger partial charge in [-0.1, -0.05) is 13.0 Å². The molecule has 1 aliphatic rings. The van der Waals surface area contributed by atoms with Gasteiger partial charge >= 0.3 is 0 Å². The lowest BCUT2D eigenvalue weighted by Gasteiger charge is -2.21. The van der Waals surface area contributed by atoms with Crippen molar-refractivity contribution in [2.75, 3.05) is 39.0 Å². The van der Waals surface area contributed by atoms with Gasteiger partial charge in [-0.15, -0.1) is 0 Å². The highest BCUT2D eigenvalue weighted by Gasteiger charge is 2.28. The van der Waals surface area contributed by atoms with Crippen molar-refractivity contribution in [3.05, 3.63) is 29.3 Å². The van der Waals surface area contributed by atoms with Gasteiger partial charge in [-0.3, -0.25) is 4.79 Å². The Morgan fingerprint density at radius 2 is 2.25 bits per heavy atom. The number of rotatable bonds is 4. The number of amides is 1. The molecule has 4 heteroatoms. The summed E-state index contributed by atoms with van der Waals surface area (Å²) in [6, 6.07) is 5.55. The van der Waals surface area contributed by atoms with Crippen molar-refractivity contribution >= 4 is 11.6 Å².